The molecule has 212 valence electrons. The smallest absolute Gasteiger partial charge is 0.323 e. The Morgan fingerprint density at radius 2 is 1.56 bits per heavy atom. The molecule has 0 saturated carbocycles. The molecular formula is C32H45ClN3O2S+. The van der Waals surface area contributed by atoms with Gasteiger partial charge in [-0.05, 0) is 24.6 Å². The monoisotopic (exact) mass is 570 g/mol. The van der Waals surface area contributed by atoms with Crippen LogP contribution >= 0.6 is 22.9 Å². The first kappa shape index (κ1) is 31.0. The molecule has 0 aliphatic heterocycles. The largest absolute Gasteiger partial charge is 0.492 e. The molecule has 0 saturated heterocycles. The highest BCUT2D eigenvalue weighted by Crippen LogP contribution is 2.28. The van der Waals surface area contributed by atoms with E-state index in [1.54, 1.807) is 29.5 Å². The first-order valence-electron chi connectivity index (χ1n) is 14.6. The molecule has 2 amide bonds. The molecule has 7 heteroatoms. The first-order valence-corrected chi connectivity index (χ1v) is 15.8. The molecular weight excluding hydrogens is 526 g/mol. The summed E-state index contributed by atoms with van der Waals surface area (Å²) >= 11 is 8.06. The van der Waals surface area contributed by atoms with Gasteiger partial charge >= 0.3 is 6.03 Å². The molecule has 0 aliphatic rings. The van der Waals surface area contributed by atoms with Gasteiger partial charge in [0.1, 0.15) is 5.75 Å². The van der Waals surface area contributed by atoms with E-state index in [2.05, 4.69) is 40.6 Å². The summed E-state index contributed by atoms with van der Waals surface area (Å²) in [5, 5.41) is 9.73. The van der Waals surface area contributed by atoms with Crippen LogP contribution in [-0.4, -0.2) is 12.6 Å². The lowest BCUT2D eigenvalue weighted by molar-refractivity contribution is -0.689. The van der Waals surface area contributed by atoms with Crippen molar-refractivity contribution in [2.75, 3.05) is 17.2 Å². The highest BCUT2D eigenvalue weighted by Gasteiger charge is 2.14. The summed E-state index contributed by atoms with van der Waals surface area (Å²) in [7, 11) is 0. The Morgan fingerprint density at radius 1 is 0.897 bits per heavy atom. The molecule has 1 heterocycles. The molecule has 0 fully saturated rings. The van der Waals surface area contributed by atoms with Gasteiger partial charge in [0.15, 0.2) is 12.7 Å². The number of aryl methyl sites for hydroxylation is 1. The lowest BCUT2D eigenvalue weighted by Crippen LogP contribution is -2.34. The first-order chi connectivity index (χ1) is 19.1. The molecule has 3 rings (SSSR count). The van der Waals surface area contributed by atoms with Crippen LogP contribution in [0.1, 0.15) is 94.5 Å². The maximum absolute atomic E-state index is 12.8. The zero-order valence-electron chi connectivity index (χ0n) is 23.6. The summed E-state index contributed by atoms with van der Waals surface area (Å²) in [6.45, 7) is 5.68. The molecule has 0 unspecified atom stereocenters. The summed E-state index contributed by atoms with van der Waals surface area (Å²) < 4.78 is 8.12. The van der Waals surface area contributed by atoms with Crippen LogP contribution in [0, 0.1) is 6.92 Å². The Hall–Kier alpha value is -2.57. The van der Waals surface area contributed by atoms with E-state index in [-0.39, 0.29) is 6.03 Å². The highest BCUT2D eigenvalue weighted by molar-refractivity contribution is 7.09. The summed E-state index contributed by atoms with van der Waals surface area (Å²) in [6, 6.07) is 12.9. The van der Waals surface area contributed by atoms with Gasteiger partial charge in [-0.25, -0.2) is 4.79 Å². The van der Waals surface area contributed by atoms with Crippen molar-refractivity contribution in [3.8, 4) is 5.75 Å². The molecule has 0 spiro atoms. The third kappa shape index (κ3) is 11.6. The number of nitrogens with zero attached hydrogens (tertiary/aromatic N) is 1. The van der Waals surface area contributed by atoms with E-state index < -0.39 is 0 Å². The van der Waals surface area contributed by atoms with Crippen LogP contribution in [0.15, 0.2) is 54.0 Å². The van der Waals surface area contributed by atoms with Crippen LogP contribution in [0.3, 0.4) is 0 Å². The number of hydrogen-bond donors (Lipinski definition) is 2. The number of thiazole rings is 1. The summed E-state index contributed by atoms with van der Waals surface area (Å²) in [5.41, 5.74) is 2.47. The SMILES string of the molecule is CCCCCCCCCCCCCCOc1cc(NC(=O)Nc2ccccc2C[n+]2ccsc2C)ccc1Cl. The second kappa shape index (κ2) is 17.9. The molecule has 1 aromatic heterocycles. The third-order valence-electron chi connectivity index (χ3n) is 6.93. The second-order valence-electron chi connectivity index (χ2n) is 10.2. The number of carbonyl (C=O) groups is 1. The fourth-order valence-electron chi connectivity index (χ4n) is 4.60. The van der Waals surface area contributed by atoms with Gasteiger partial charge in [-0.15, -0.1) is 0 Å². The number of carbonyl (C=O) groups excluding carboxylic acids is 1. The van der Waals surface area contributed by atoms with Gasteiger partial charge in [0.05, 0.1) is 22.7 Å². The van der Waals surface area contributed by atoms with Crippen molar-refractivity contribution in [2.24, 2.45) is 0 Å². The Bertz CT molecular complexity index is 1130. The number of urea groups is 1. The number of halogens is 1. The fraction of sp³-hybridized carbons (Fsp3) is 0.500. The predicted octanol–water partition coefficient (Wildman–Crippen LogP) is 9.77. The van der Waals surface area contributed by atoms with Crippen LogP contribution in [-0.2, 0) is 6.54 Å². The van der Waals surface area contributed by atoms with Crippen molar-refractivity contribution in [1.29, 1.82) is 0 Å². The Morgan fingerprint density at radius 3 is 2.23 bits per heavy atom. The standard InChI is InChI=1S/C32H44ClN3O2S/c1-3-4-5-6-7-8-9-10-11-12-13-16-22-38-31-24-28(19-20-29(31)33)34-32(37)35-30-18-15-14-17-27(30)25-36-21-23-39-26(36)2/h14-15,17-21,23-24H,3-13,16,22,25H2,1-2H3,(H-,34,35,37)/p+1. The third-order valence-corrected chi connectivity index (χ3v) is 8.08. The molecule has 5 nitrogen and oxygen atoms in total. The van der Waals surface area contributed by atoms with Gasteiger partial charge in [-0.3, -0.25) is 0 Å². The minimum absolute atomic E-state index is 0.302. The number of rotatable bonds is 18. The number of unbranched alkanes of at least 4 members (excludes halogenated alkanes) is 11. The second-order valence-corrected chi connectivity index (χ2v) is 11.7. The number of ether oxygens (including phenoxy) is 1. The van der Waals surface area contributed by atoms with Gasteiger partial charge in [0, 0.05) is 24.2 Å². The topological polar surface area (TPSA) is 54.2 Å². The summed E-state index contributed by atoms with van der Waals surface area (Å²) in [4.78, 5) is 12.8. The Balaban J connectivity index is 1.36. The molecule has 0 radical (unpaired) electrons. The maximum Gasteiger partial charge on any atom is 0.323 e. The lowest BCUT2D eigenvalue weighted by Gasteiger charge is -2.13. The summed E-state index contributed by atoms with van der Waals surface area (Å²) in [5.74, 6) is 0.599. The van der Waals surface area contributed by atoms with E-state index in [0.717, 1.165) is 24.1 Å². The van der Waals surface area contributed by atoms with Crippen LogP contribution in [0.25, 0.3) is 0 Å². The minimum Gasteiger partial charge on any atom is -0.492 e. The fourth-order valence-corrected chi connectivity index (χ4v) is 5.44. The number of nitrogens with one attached hydrogen (secondary N) is 2. The van der Waals surface area contributed by atoms with Gasteiger partial charge in [-0.1, -0.05) is 119 Å². The predicted molar refractivity (Wildman–Crippen MR) is 165 cm³/mol. The van der Waals surface area contributed by atoms with Crippen molar-refractivity contribution >= 4 is 40.3 Å². The number of para-hydroxylation sites is 1. The molecule has 0 aliphatic carbocycles. The number of hydrogen-bond acceptors (Lipinski definition) is 3. The molecule has 3 aromatic rings. The van der Waals surface area contributed by atoms with Gasteiger partial charge < -0.3 is 15.4 Å². The number of aromatic nitrogens is 1. The lowest BCUT2D eigenvalue weighted by atomic mass is 10.1. The maximum atomic E-state index is 12.8. The Kier molecular flexibility index (Phi) is 14.2. The van der Waals surface area contributed by atoms with Crippen molar-refractivity contribution in [1.82, 2.24) is 0 Å². The van der Waals surface area contributed by atoms with E-state index in [1.165, 1.54) is 69.2 Å². The average Bonchev–Trinajstić information content (AvgIpc) is 3.33. The Labute approximate surface area is 243 Å². The molecule has 0 atom stereocenters. The van der Waals surface area contributed by atoms with Crippen molar-refractivity contribution < 1.29 is 14.1 Å². The molecule has 2 aromatic carbocycles. The van der Waals surface area contributed by atoms with E-state index in [4.69, 9.17) is 16.3 Å². The quantitative estimate of drug-likeness (QED) is 0.118. The van der Waals surface area contributed by atoms with Crippen LogP contribution < -0.4 is 19.9 Å². The normalized spacial score (nSPS) is 10.9. The van der Waals surface area contributed by atoms with Crippen LogP contribution in [0.4, 0.5) is 16.2 Å². The highest BCUT2D eigenvalue weighted by atomic mass is 35.5. The number of amides is 2. The molecule has 2 N–H and O–H groups in total. The van der Waals surface area contributed by atoms with Gasteiger partial charge in [-0.2, -0.15) is 4.57 Å². The van der Waals surface area contributed by atoms with Crippen molar-refractivity contribution in [2.45, 2.75) is 97.4 Å². The van der Waals surface area contributed by atoms with Crippen LogP contribution in [0.2, 0.25) is 5.02 Å². The van der Waals surface area contributed by atoms with E-state index in [1.807, 2.05) is 24.3 Å². The number of benzene rings is 2. The van der Waals surface area contributed by atoms with E-state index in [0.29, 0.717) is 29.6 Å². The zero-order chi connectivity index (χ0) is 27.7. The zero-order valence-corrected chi connectivity index (χ0v) is 25.2. The molecule has 39 heavy (non-hydrogen) atoms. The van der Waals surface area contributed by atoms with E-state index >= 15 is 0 Å². The van der Waals surface area contributed by atoms with Gasteiger partial charge in [0.2, 0.25) is 5.01 Å². The minimum atomic E-state index is -0.302. The average molecular weight is 571 g/mol. The number of anilines is 2. The van der Waals surface area contributed by atoms with Gasteiger partial charge in [0.25, 0.3) is 0 Å². The van der Waals surface area contributed by atoms with E-state index in [9.17, 15) is 4.79 Å². The summed E-state index contributed by atoms with van der Waals surface area (Å²) in [6.07, 6.45) is 17.8. The van der Waals surface area contributed by atoms with Crippen LogP contribution in [0.5, 0.6) is 5.75 Å². The van der Waals surface area contributed by atoms with Crippen molar-refractivity contribution in [3.05, 3.63) is 69.6 Å². The molecule has 0 bridgehead atoms. The van der Waals surface area contributed by atoms with Crippen molar-refractivity contribution in [3.63, 3.8) is 0 Å².